The van der Waals surface area contributed by atoms with Crippen LogP contribution in [-0.2, 0) is 4.79 Å². The molecule has 0 amide bonds. The first-order chi connectivity index (χ1) is 4.52. The highest BCUT2D eigenvalue weighted by atomic mass is 35.6. The lowest BCUT2D eigenvalue weighted by molar-refractivity contribution is 0.561. The molecule has 0 aliphatic carbocycles. The molecule has 0 spiro atoms. The van der Waals surface area contributed by atoms with Crippen molar-refractivity contribution in [3.63, 3.8) is 0 Å². The van der Waals surface area contributed by atoms with Gasteiger partial charge in [-0.1, -0.05) is 20.0 Å². The first-order valence-electron chi connectivity index (χ1n) is 3.28. The molecule has 4 heteroatoms. The Balaban J connectivity index is 4.20. The zero-order chi connectivity index (χ0) is 8.20. The van der Waals surface area contributed by atoms with E-state index >= 15 is 0 Å². The second-order valence-electron chi connectivity index (χ2n) is 2.71. The van der Waals surface area contributed by atoms with Gasteiger partial charge in [-0.05, 0) is 6.42 Å². The molecule has 0 saturated carbocycles. The highest BCUT2D eigenvalue weighted by molar-refractivity contribution is 7.19. The number of hydrogen-bond donors (Lipinski definition) is 0. The fraction of sp³-hybridized carbons (Fsp3) is 0.833. The summed E-state index contributed by atoms with van der Waals surface area (Å²) in [6.07, 6.45) is 2.38. The standard InChI is InChI=1S/C6H12ClNOSi/c1-4-6(8-5-9)10(2,3)7/h6H,4H2,1-3H3. The van der Waals surface area contributed by atoms with Gasteiger partial charge in [0.2, 0.25) is 6.08 Å². The van der Waals surface area contributed by atoms with E-state index in [0.29, 0.717) is 0 Å². The molecule has 0 N–H and O–H groups in total. The Labute approximate surface area is 67.0 Å². The zero-order valence-corrected chi connectivity index (χ0v) is 8.27. The Morgan fingerprint density at radius 1 is 1.70 bits per heavy atom. The van der Waals surface area contributed by atoms with E-state index in [9.17, 15) is 4.79 Å². The molecular weight excluding hydrogens is 166 g/mol. The third-order valence-corrected chi connectivity index (χ3v) is 4.27. The van der Waals surface area contributed by atoms with E-state index in [1.165, 1.54) is 0 Å². The lowest BCUT2D eigenvalue weighted by atomic mass is 10.5. The normalized spacial score (nSPS) is 14.0. The van der Waals surface area contributed by atoms with Gasteiger partial charge in [0.15, 0.2) is 7.38 Å². The number of hydrogen-bond acceptors (Lipinski definition) is 2. The van der Waals surface area contributed by atoms with Crippen molar-refractivity contribution in [2.45, 2.75) is 32.1 Å². The van der Waals surface area contributed by atoms with Gasteiger partial charge in [-0.3, -0.25) is 0 Å². The Kier molecular flexibility index (Phi) is 3.87. The third-order valence-electron chi connectivity index (χ3n) is 1.39. The van der Waals surface area contributed by atoms with Crippen molar-refractivity contribution < 1.29 is 4.79 Å². The average molecular weight is 178 g/mol. The third kappa shape index (κ3) is 3.16. The minimum absolute atomic E-state index is 0.0201. The smallest absolute Gasteiger partial charge is 0.211 e. The molecule has 0 aromatic carbocycles. The minimum Gasteiger partial charge on any atom is -0.211 e. The van der Waals surface area contributed by atoms with Crippen LogP contribution in [0.15, 0.2) is 4.99 Å². The van der Waals surface area contributed by atoms with Gasteiger partial charge in [0.05, 0.1) is 5.67 Å². The van der Waals surface area contributed by atoms with Crippen molar-refractivity contribution >= 4 is 24.5 Å². The number of isocyanates is 1. The Bertz CT molecular complexity index is 148. The van der Waals surface area contributed by atoms with E-state index in [0.717, 1.165) is 6.42 Å². The van der Waals surface area contributed by atoms with Gasteiger partial charge in [-0.2, -0.15) is 11.1 Å². The Morgan fingerprint density at radius 2 is 2.20 bits per heavy atom. The van der Waals surface area contributed by atoms with Crippen molar-refractivity contribution in [1.29, 1.82) is 0 Å². The zero-order valence-electron chi connectivity index (χ0n) is 6.52. The summed E-state index contributed by atoms with van der Waals surface area (Å²) in [7, 11) is -1.76. The first-order valence-corrected chi connectivity index (χ1v) is 7.37. The molecular formula is C6H12ClNOSi. The van der Waals surface area contributed by atoms with Crippen LogP contribution in [0.4, 0.5) is 0 Å². The van der Waals surface area contributed by atoms with Crippen LogP contribution in [0.1, 0.15) is 13.3 Å². The molecule has 0 aromatic rings. The van der Waals surface area contributed by atoms with Crippen molar-refractivity contribution in [2.75, 3.05) is 0 Å². The second kappa shape index (κ2) is 3.91. The van der Waals surface area contributed by atoms with Crippen LogP contribution in [0.2, 0.25) is 13.1 Å². The Hall–Kier alpha value is -0.113. The number of rotatable bonds is 3. The number of halogens is 1. The summed E-state index contributed by atoms with van der Waals surface area (Å²) in [5.74, 6) is 0. The molecule has 0 bridgehead atoms. The SMILES string of the molecule is CCC(N=C=O)[Si](C)(C)Cl. The molecule has 10 heavy (non-hydrogen) atoms. The summed E-state index contributed by atoms with van der Waals surface area (Å²) in [6, 6.07) is 0. The predicted molar refractivity (Wildman–Crippen MR) is 45.5 cm³/mol. The molecule has 0 radical (unpaired) electrons. The fourth-order valence-corrected chi connectivity index (χ4v) is 2.73. The lowest BCUT2D eigenvalue weighted by Crippen LogP contribution is -2.33. The van der Waals surface area contributed by atoms with E-state index in [-0.39, 0.29) is 5.67 Å². The molecule has 0 aromatic heterocycles. The minimum atomic E-state index is -1.76. The molecule has 1 atom stereocenters. The van der Waals surface area contributed by atoms with Crippen LogP contribution in [0, 0.1) is 0 Å². The van der Waals surface area contributed by atoms with Gasteiger partial charge in [0.25, 0.3) is 0 Å². The van der Waals surface area contributed by atoms with Crippen LogP contribution in [0.25, 0.3) is 0 Å². The van der Waals surface area contributed by atoms with Crippen LogP contribution in [0.5, 0.6) is 0 Å². The van der Waals surface area contributed by atoms with Crippen molar-refractivity contribution in [1.82, 2.24) is 0 Å². The predicted octanol–water partition coefficient (Wildman–Crippen LogP) is 2.08. The van der Waals surface area contributed by atoms with E-state index in [1.807, 2.05) is 20.0 Å². The van der Waals surface area contributed by atoms with Crippen LogP contribution < -0.4 is 0 Å². The maximum atomic E-state index is 9.89. The van der Waals surface area contributed by atoms with E-state index < -0.39 is 7.38 Å². The highest BCUT2D eigenvalue weighted by Crippen LogP contribution is 2.18. The topological polar surface area (TPSA) is 29.4 Å². The summed E-state index contributed by atoms with van der Waals surface area (Å²) >= 11 is 6.04. The molecule has 0 saturated heterocycles. The molecule has 0 fully saturated rings. The molecule has 0 rings (SSSR count). The summed E-state index contributed by atoms with van der Waals surface area (Å²) in [6.45, 7) is 5.93. The molecule has 1 unspecified atom stereocenters. The van der Waals surface area contributed by atoms with Crippen LogP contribution in [-0.4, -0.2) is 19.1 Å². The van der Waals surface area contributed by atoms with Gasteiger partial charge >= 0.3 is 0 Å². The van der Waals surface area contributed by atoms with Crippen LogP contribution >= 0.6 is 11.1 Å². The summed E-state index contributed by atoms with van der Waals surface area (Å²) < 4.78 is 0. The fourth-order valence-electron chi connectivity index (χ4n) is 0.794. The highest BCUT2D eigenvalue weighted by Gasteiger charge is 2.27. The quantitative estimate of drug-likeness (QED) is 0.281. The first kappa shape index (κ1) is 9.89. The maximum absolute atomic E-state index is 9.89. The summed E-state index contributed by atoms with van der Waals surface area (Å²) in [5.41, 5.74) is 0.0201. The summed E-state index contributed by atoms with van der Waals surface area (Å²) in [4.78, 5) is 13.5. The van der Waals surface area contributed by atoms with Gasteiger partial charge in [-0.25, -0.2) is 9.79 Å². The molecule has 0 heterocycles. The van der Waals surface area contributed by atoms with Crippen molar-refractivity contribution in [3.8, 4) is 0 Å². The van der Waals surface area contributed by atoms with Crippen molar-refractivity contribution in [3.05, 3.63) is 0 Å². The molecule has 2 nitrogen and oxygen atoms in total. The number of nitrogens with zero attached hydrogens (tertiary/aromatic N) is 1. The maximum Gasteiger partial charge on any atom is 0.234 e. The van der Waals surface area contributed by atoms with Gasteiger partial charge in [0.1, 0.15) is 0 Å². The largest absolute Gasteiger partial charge is 0.234 e. The summed E-state index contributed by atoms with van der Waals surface area (Å²) in [5, 5.41) is 0. The molecule has 0 aliphatic heterocycles. The number of carbonyl (C=O) groups excluding carboxylic acids is 1. The van der Waals surface area contributed by atoms with E-state index in [2.05, 4.69) is 4.99 Å². The van der Waals surface area contributed by atoms with Gasteiger partial charge in [-0.15, -0.1) is 0 Å². The molecule has 58 valence electrons. The average Bonchev–Trinajstić information content (AvgIpc) is 1.80. The number of aliphatic imine (C=N–C) groups is 1. The lowest BCUT2D eigenvalue weighted by Gasteiger charge is -2.18. The molecule has 0 aliphatic rings. The van der Waals surface area contributed by atoms with E-state index in [1.54, 1.807) is 6.08 Å². The van der Waals surface area contributed by atoms with Gasteiger partial charge < -0.3 is 0 Å². The van der Waals surface area contributed by atoms with Crippen molar-refractivity contribution in [2.24, 2.45) is 4.99 Å². The van der Waals surface area contributed by atoms with E-state index in [4.69, 9.17) is 11.1 Å². The van der Waals surface area contributed by atoms with Crippen LogP contribution in [0.3, 0.4) is 0 Å². The second-order valence-corrected chi connectivity index (χ2v) is 9.43. The monoisotopic (exact) mass is 177 g/mol. The van der Waals surface area contributed by atoms with Gasteiger partial charge in [0, 0.05) is 0 Å². The Morgan fingerprint density at radius 3 is 2.30 bits per heavy atom.